The molecular formula is C10H10FN5OS. The van der Waals surface area contributed by atoms with Crippen molar-refractivity contribution in [1.82, 2.24) is 10.2 Å². The van der Waals surface area contributed by atoms with E-state index in [0.717, 1.165) is 0 Å². The van der Waals surface area contributed by atoms with Gasteiger partial charge in [-0.05, 0) is 24.3 Å². The highest BCUT2D eigenvalue weighted by atomic mass is 32.2. The summed E-state index contributed by atoms with van der Waals surface area (Å²) >= 11 is 1.19. The maximum atomic E-state index is 12.7. The summed E-state index contributed by atoms with van der Waals surface area (Å²) in [4.78, 5) is 0. The molecule has 0 aliphatic heterocycles. The van der Waals surface area contributed by atoms with E-state index in [-0.39, 0.29) is 11.0 Å². The Bertz CT molecular complexity index is 554. The Morgan fingerprint density at radius 3 is 2.72 bits per heavy atom. The molecule has 18 heavy (non-hydrogen) atoms. The monoisotopic (exact) mass is 267 g/mol. The van der Waals surface area contributed by atoms with E-state index in [1.807, 2.05) is 0 Å². The van der Waals surface area contributed by atoms with Crippen LogP contribution in [0.3, 0.4) is 0 Å². The summed E-state index contributed by atoms with van der Waals surface area (Å²) in [6.07, 6.45) is 0. The number of hydrogen-bond acceptors (Lipinski definition) is 6. The van der Waals surface area contributed by atoms with E-state index in [4.69, 9.17) is 16.0 Å². The zero-order valence-corrected chi connectivity index (χ0v) is 10.0. The van der Waals surface area contributed by atoms with Crippen molar-refractivity contribution in [2.75, 3.05) is 0 Å². The molecule has 1 aromatic heterocycles. The van der Waals surface area contributed by atoms with Gasteiger partial charge in [-0.1, -0.05) is 11.8 Å². The van der Waals surface area contributed by atoms with Crippen molar-refractivity contribution in [3.63, 3.8) is 0 Å². The first kappa shape index (κ1) is 12.4. The van der Waals surface area contributed by atoms with Crippen molar-refractivity contribution in [3.8, 4) is 11.5 Å². The SMILES string of the molecule is NN=C(N)SCc1nnc(-c2ccc(F)cc2)o1. The molecule has 0 radical (unpaired) electrons. The van der Waals surface area contributed by atoms with Gasteiger partial charge in [0.25, 0.3) is 0 Å². The highest BCUT2D eigenvalue weighted by Gasteiger charge is 2.09. The van der Waals surface area contributed by atoms with E-state index in [1.54, 1.807) is 12.1 Å². The summed E-state index contributed by atoms with van der Waals surface area (Å²) < 4.78 is 18.1. The number of benzene rings is 1. The fourth-order valence-electron chi connectivity index (χ4n) is 1.19. The number of hydrogen-bond donors (Lipinski definition) is 2. The van der Waals surface area contributed by atoms with Gasteiger partial charge in [0.1, 0.15) is 5.82 Å². The first-order valence-electron chi connectivity index (χ1n) is 4.93. The predicted octanol–water partition coefficient (Wildman–Crippen LogP) is 1.30. The van der Waals surface area contributed by atoms with Crippen molar-refractivity contribution in [2.24, 2.45) is 16.7 Å². The third kappa shape index (κ3) is 2.98. The minimum Gasteiger partial charge on any atom is -0.420 e. The van der Waals surface area contributed by atoms with Gasteiger partial charge in [-0.3, -0.25) is 0 Å². The number of hydrazone groups is 1. The molecule has 8 heteroatoms. The quantitative estimate of drug-likeness (QED) is 0.376. The minimum absolute atomic E-state index is 0.233. The van der Waals surface area contributed by atoms with E-state index in [9.17, 15) is 4.39 Å². The molecule has 1 aromatic carbocycles. The Morgan fingerprint density at radius 2 is 2.06 bits per heavy atom. The number of amidine groups is 1. The van der Waals surface area contributed by atoms with E-state index >= 15 is 0 Å². The highest BCUT2D eigenvalue weighted by molar-refractivity contribution is 8.13. The van der Waals surface area contributed by atoms with Crippen molar-refractivity contribution < 1.29 is 8.81 Å². The zero-order valence-electron chi connectivity index (χ0n) is 9.21. The molecule has 0 aliphatic rings. The van der Waals surface area contributed by atoms with Crippen LogP contribution in [0.25, 0.3) is 11.5 Å². The van der Waals surface area contributed by atoms with Gasteiger partial charge in [0.2, 0.25) is 11.8 Å². The zero-order chi connectivity index (χ0) is 13.0. The summed E-state index contributed by atoms with van der Waals surface area (Å²) in [7, 11) is 0. The molecule has 0 fully saturated rings. The maximum absolute atomic E-state index is 12.7. The van der Waals surface area contributed by atoms with Crippen LogP contribution in [0.4, 0.5) is 4.39 Å². The predicted molar refractivity (Wildman–Crippen MR) is 66.8 cm³/mol. The molecule has 0 amide bonds. The van der Waals surface area contributed by atoms with Crippen LogP contribution in [0.2, 0.25) is 0 Å². The molecule has 2 aromatic rings. The van der Waals surface area contributed by atoms with Gasteiger partial charge >= 0.3 is 0 Å². The molecule has 0 saturated carbocycles. The van der Waals surface area contributed by atoms with Crippen LogP contribution in [0, 0.1) is 5.82 Å². The Labute approximate surface area is 106 Å². The molecular weight excluding hydrogens is 257 g/mol. The molecule has 0 atom stereocenters. The van der Waals surface area contributed by atoms with Crippen molar-refractivity contribution in [1.29, 1.82) is 0 Å². The summed E-state index contributed by atoms with van der Waals surface area (Å²) in [6.45, 7) is 0. The minimum atomic E-state index is -0.319. The van der Waals surface area contributed by atoms with Crippen LogP contribution in [0.1, 0.15) is 5.89 Å². The fraction of sp³-hybridized carbons (Fsp3) is 0.100. The largest absolute Gasteiger partial charge is 0.420 e. The van der Waals surface area contributed by atoms with Gasteiger partial charge < -0.3 is 16.0 Å². The normalized spacial score (nSPS) is 11.7. The highest BCUT2D eigenvalue weighted by Crippen LogP contribution is 2.20. The molecule has 0 bridgehead atoms. The number of thioether (sulfide) groups is 1. The second kappa shape index (κ2) is 5.50. The van der Waals surface area contributed by atoms with Crippen LogP contribution in [-0.2, 0) is 5.75 Å². The smallest absolute Gasteiger partial charge is 0.247 e. The number of nitrogens with zero attached hydrogens (tertiary/aromatic N) is 3. The van der Waals surface area contributed by atoms with Crippen LogP contribution in [-0.4, -0.2) is 15.4 Å². The second-order valence-electron chi connectivity index (χ2n) is 3.26. The van der Waals surface area contributed by atoms with E-state index < -0.39 is 0 Å². The standard InChI is InChI=1S/C10H10FN5OS/c11-7-3-1-6(2-4-7)9-16-15-8(17-9)5-18-10(12)14-13/h1-4H,5,13H2,(H2,12,14). The van der Waals surface area contributed by atoms with Gasteiger partial charge in [0, 0.05) is 5.56 Å². The Hall–Kier alpha value is -2.09. The van der Waals surface area contributed by atoms with Gasteiger partial charge in [-0.25, -0.2) is 4.39 Å². The molecule has 0 saturated heterocycles. The summed E-state index contributed by atoms with van der Waals surface area (Å²) in [5, 5.41) is 11.2. The van der Waals surface area contributed by atoms with Crippen molar-refractivity contribution in [2.45, 2.75) is 5.75 Å². The molecule has 4 N–H and O–H groups in total. The lowest BCUT2D eigenvalue weighted by Crippen LogP contribution is -2.09. The van der Waals surface area contributed by atoms with Gasteiger partial charge in [0.05, 0.1) is 5.75 Å². The lowest BCUT2D eigenvalue weighted by atomic mass is 10.2. The Morgan fingerprint density at radius 1 is 1.33 bits per heavy atom. The molecule has 94 valence electrons. The van der Waals surface area contributed by atoms with Crippen molar-refractivity contribution >= 4 is 16.9 Å². The van der Waals surface area contributed by atoms with Gasteiger partial charge in [-0.15, -0.1) is 10.2 Å². The molecule has 6 nitrogen and oxygen atoms in total. The van der Waals surface area contributed by atoms with Crippen LogP contribution >= 0.6 is 11.8 Å². The number of halogens is 1. The van der Waals surface area contributed by atoms with Crippen molar-refractivity contribution in [3.05, 3.63) is 36.0 Å². The lowest BCUT2D eigenvalue weighted by molar-refractivity contribution is 0.528. The summed E-state index contributed by atoms with van der Waals surface area (Å²) in [5.41, 5.74) is 6.07. The van der Waals surface area contributed by atoms with E-state index in [0.29, 0.717) is 23.1 Å². The Balaban J connectivity index is 2.08. The third-order valence-electron chi connectivity index (χ3n) is 2.03. The van der Waals surface area contributed by atoms with Crippen LogP contribution in [0.15, 0.2) is 33.8 Å². The topological polar surface area (TPSA) is 103 Å². The van der Waals surface area contributed by atoms with Gasteiger partial charge in [-0.2, -0.15) is 5.10 Å². The molecule has 0 spiro atoms. The lowest BCUT2D eigenvalue weighted by Gasteiger charge is -1.95. The first-order chi connectivity index (χ1) is 8.69. The maximum Gasteiger partial charge on any atom is 0.247 e. The van der Waals surface area contributed by atoms with E-state index in [1.165, 1.54) is 23.9 Å². The third-order valence-corrected chi connectivity index (χ3v) is 2.82. The number of rotatable bonds is 3. The number of aromatic nitrogens is 2. The average Bonchev–Trinajstić information content (AvgIpc) is 2.85. The Kier molecular flexibility index (Phi) is 3.78. The first-order valence-corrected chi connectivity index (χ1v) is 5.92. The van der Waals surface area contributed by atoms with Crippen LogP contribution < -0.4 is 11.6 Å². The molecule has 0 aliphatic carbocycles. The van der Waals surface area contributed by atoms with E-state index in [2.05, 4.69) is 15.3 Å². The molecule has 2 rings (SSSR count). The average molecular weight is 267 g/mol. The molecule has 0 unspecified atom stereocenters. The summed E-state index contributed by atoms with van der Waals surface area (Å²) in [5.74, 6) is 5.77. The van der Waals surface area contributed by atoms with Crippen LogP contribution in [0.5, 0.6) is 0 Å². The second-order valence-corrected chi connectivity index (χ2v) is 4.26. The molecule has 1 heterocycles. The van der Waals surface area contributed by atoms with Gasteiger partial charge in [0.15, 0.2) is 5.17 Å². The number of nitrogens with two attached hydrogens (primary N) is 2. The fourth-order valence-corrected chi connectivity index (χ4v) is 1.66. The summed E-state index contributed by atoms with van der Waals surface area (Å²) in [6, 6.07) is 5.78.